The number of nitrogens with two attached hydrogens (primary N) is 1. The van der Waals surface area contributed by atoms with Gasteiger partial charge in [-0.25, -0.2) is 0 Å². The van der Waals surface area contributed by atoms with Gasteiger partial charge < -0.3 is 10.6 Å². The lowest BCUT2D eigenvalue weighted by Crippen LogP contribution is -2.55. The van der Waals surface area contributed by atoms with Crippen molar-refractivity contribution < 1.29 is 4.79 Å². The molecule has 3 nitrogen and oxygen atoms in total. The number of rotatable bonds is 3. The second-order valence-electron chi connectivity index (χ2n) is 6.14. The number of amides is 1. The minimum atomic E-state index is -0.640. The van der Waals surface area contributed by atoms with Gasteiger partial charge >= 0.3 is 0 Å². The molecule has 1 heterocycles. The Morgan fingerprint density at radius 1 is 1.29 bits per heavy atom. The van der Waals surface area contributed by atoms with Crippen molar-refractivity contribution in [3.63, 3.8) is 0 Å². The van der Waals surface area contributed by atoms with E-state index in [0.29, 0.717) is 6.54 Å². The van der Waals surface area contributed by atoms with Crippen LogP contribution in [0, 0.1) is 0 Å². The molecule has 112 valence electrons. The third kappa shape index (κ3) is 2.83. The van der Waals surface area contributed by atoms with Crippen LogP contribution in [0.1, 0.15) is 37.7 Å². The standard InChI is InChI=1S/C17H22N2OS/c1-19(16(20)17(18)9-5-2-6-10-17)11-13-12-21-15-8-4-3-7-14(13)15/h3-4,7-8,12H,2,5-6,9-11,18H2,1H3. The minimum absolute atomic E-state index is 0.0949. The maximum atomic E-state index is 12.7. The molecule has 4 heteroatoms. The summed E-state index contributed by atoms with van der Waals surface area (Å²) in [6.07, 6.45) is 4.97. The number of benzene rings is 1. The van der Waals surface area contributed by atoms with E-state index in [1.807, 2.05) is 19.2 Å². The zero-order valence-electron chi connectivity index (χ0n) is 12.5. The van der Waals surface area contributed by atoms with Gasteiger partial charge in [0.25, 0.3) is 0 Å². The van der Waals surface area contributed by atoms with Crippen LogP contribution in [0.25, 0.3) is 10.1 Å². The van der Waals surface area contributed by atoms with E-state index in [1.54, 1.807) is 16.2 Å². The third-order valence-electron chi connectivity index (χ3n) is 4.49. The highest BCUT2D eigenvalue weighted by Crippen LogP contribution is 2.30. The smallest absolute Gasteiger partial charge is 0.242 e. The van der Waals surface area contributed by atoms with Crippen molar-refractivity contribution in [3.8, 4) is 0 Å². The van der Waals surface area contributed by atoms with Crippen molar-refractivity contribution in [2.75, 3.05) is 7.05 Å². The highest BCUT2D eigenvalue weighted by atomic mass is 32.1. The van der Waals surface area contributed by atoms with Gasteiger partial charge in [-0.1, -0.05) is 37.5 Å². The van der Waals surface area contributed by atoms with Gasteiger partial charge in [-0.15, -0.1) is 11.3 Å². The van der Waals surface area contributed by atoms with Crippen LogP contribution in [-0.2, 0) is 11.3 Å². The lowest BCUT2D eigenvalue weighted by atomic mass is 9.81. The second-order valence-corrected chi connectivity index (χ2v) is 7.05. The number of thiophene rings is 1. The summed E-state index contributed by atoms with van der Waals surface area (Å²) in [5, 5.41) is 3.40. The van der Waals surface area contributed by atoms with Gasteiger partial charge in [0.1, 0.15) is 0 Å². The molecule has 1 fully saturated rings. The predicted octanol–water partition coefficient (Wildman–Crippen LogP) is 3.52. The van der Waals surface area contributed by atoms with Crippen LogP contribution in [0.4, 0.5) is 0 Å². The average Bonchev–Trinajstić information content (AvgIpc) is 2.90. The third-order valence-corrected chi connectivity index (χ3v) is 5.50. The van der Waals surface area contributed by atoms with Crippen molar-refractivity contribution in [3.05, 3.63) is 35.2 Å². The topological polar surface area (TPSA) is 46.3 Å². The summed E-state index contributed by atoms with van der Waals surface area (Å²) in [5.41, 5.74) is 6.93. The van der Waals surface area contributed by atoms with Crippen LogP contribution in [0.2, 0.25) is 0 Å². The van der Waals surface area contributed by atoms with E-state index in [4.69, 9.17) is 5.73 Å². The van der Waals surface area contributed by atoms with Gasteiger partial charge in [-0.05, 0) is 35.2 Å². The maximum Gasteiger partial charge on any atom is 0.242 e. The van der Waals surface area contributed by atoms with E-state index in [0.717, 1.165) is 25.7 Å². The van der Waals surface area contributed by atoms with Gasteiger partial charge in [-0.3, -0.25) is 4.79 Å². The Labute approximate surface area is 129 Å². The van der Waals surface area contributed by atoms with E-state index >= 15 is 0 Å². The number of carbonyl (C=O) groups is 1. The second kappa shape index (κ2) is 5.78. The highest BCUT2D eigenvalue weighted by molar-refractivity contribution is 7.17. The molecule has 1 aromatic heterocycles. The molecule has 1 saturated carbocycles. The summed E-state index contributed by atoms with van der Waals surface area (Å²) in [5.74, 6) is 0.0949. The van der Waals surface area contributed by atoms with Crippen molar-refractivity contribution in [1.29, 1.82) is 0 Å². The molecule has 21 heavy (non-hydrogen) atoms. The van der Waals surface area contributed by atoms with Gasteiger partial charge in [0.15, 0.2) is 0 Å². The SMILES string of the molecule is CN(Cc1csc2ccccc12)C(=O)C1(N)CCCCC1. The van der Waals surface area contributed by atoms with E-state index in [1.165, 1.54) is 22.1 Å². The Morgan fingerprint density at radius 2 is 2.00 bits per heavy atom. The van der Waals surface area contributed by atoms with Crippen molar-refractivity contribution in [2.24, 2.45) is 5.73 Å². The number of fused-ring (bicyclic) bond motifs is 1. The summed E-state index contributed by atoms with van der Waals surface area (Å²) in [7, 11) is 1.87. The van der Waals surface area contributed by atoms with Crippen LogP contribution < -0.4 is 5.73 Å². The Morgan fingerprint density at radius 3 is 2.76 bits per heavy atom. The molecule has 1 amide bonds. The fourth-order valence-corrected chi connectivity index (χ4v) is 4.21. The molecule has 2 aromatic rings. The maximum absolute atomic E-state index is 12.7. The van der Waals surface area contributed by atoms with Gasteiger partial charge in [-0.2, -0.15) is 0 Å². The fourth-order valence-electron chi connectivity index (χ4n) is 3.26. The lowest BCUT2D eigenvalue weighted by molar-refractivity contribution is -0.137. The lowest BCUT2D eigenvalue weighted by Gasteiger charge is -2.35. The first-order valence-corrected chi connectivity index (χ1v) is 8.48. The van der Waals surface area contributed by atoms with Crippen LogP contribution in [-0.4, -0.2) is 23.4 Å². The average molecular weight is 302 g/mol. The van der Waals surface area contributed by atoms with E-state index in [2.05, 4.69) is 17.5 Å². The number of likely N-dealkylation sites (N-methyl/N-ethyl adjacent to an activating group) is 1. The summed E-state index contributed by atoms with van der Waals surface area (Å²) >= 11 is 1.73. The number of hydrogen-bond acceptors (Lipinski definition) is 3. The van der Waals surface area contributed by atoms with Crippen LogP contribution in [0.5, 0.6) is 0 Å². The molecule has 0 unspecified atom stereocenters. The zero-order chi connectivity index (χ0) is 14.9. The van der Waals surface area contributed by atoms with Gasteiger partial charge in [0.2, 0.25) is 5.91 Å². The number of carbonyl (C=O) groups excluding carboxylic acids is 1. The summed E-state index contributed by atoms with van der Waals surface area (Å²) in [4.78, 5) is 14.5. The van der Waals surface area contributed by atoms with Crippen LogP contribution in [0.3, 0.4) is 0 Å². The molecule has 1 aromatic carbocycles. The van der Waals surface area contributed by atoms with Crippen molar-refractivity contribution in [1.82, 2.24) is 4.90 Å². The normalized spacial score (nSPS) is 17.8. The molecule has 0 radical (unpaired) electrons. The molecule has 2 N–H and O–H groups in total. The minimum Gasteiger partial charge on any atom is -0.340 e. The molecule has 0 spiro atoms. The quantitative estimate of drug-likeness (QED) is 0.943. The zero-order valence-corrected chi connectivity index (χ0v) is 13.3. The molecule has 1 aliphatic rings. The number of hydrogen-bond donors (Lipinski definition) is 1. The Bertz CT molecular complexity index is 643. The first-order chi connectivity index (χ1) is 10.1. The van der Waals surface area contributed by atoms with Crippen LogP contribution >= 0.6 is 11.3 Å². The summed E-state index contributed by atoms with van der Waals surface area (Å²) in [6, 6.07) is 8.34. The molecule has 3 rings (SSSR count). The van der Waals surface area contributed by atoms with Gasteiger partial charge in [0.05, 0.1) is 5.54 Å². The van der Waals surface area contributed by atoms with Crippen molar-refractivity contribution in [2.45, 2.75) is 44.2 Å². The highest BCUT2D eigenvalue weighted by Gasteiger charge is 2.37. The van der Waals surface area contributed by atoms with Gasteiger partial charge in [0, 0.05) is 18.3 Å². The molecule has 0 aliphatic heterocycles. The predicted molar refractivity (Wildman–Crippen MR) is 88.3 cm³/mol. The molecule has 1 aliphatic carbocycles. The Kier molecular flexibility index (Phi) is 4.00. The summed E-state index contributed by atoms with van der Waals surface area (Å²) < 4.78 is 1.27. The number of nitrogens with zero attached hydrogens (tertiary/aromatic N) is 1. The Hall–Kier alpha value is -1.39. The van der Waals surface area contributed by atoms with E-state index in [9.17, 15) is 4.79 Å². The largest absolute Gasteiger partial charge is 0.340 e. The molecule has 0 atom stereocenters. The van der Waals surface area contributed by atoms with Crippen LogP contribution in [0.15, 0.2) is 29.6 Å². The molecule has 0 bridgehead atoms. The molecular formula is C17H22N2OS. The molecular weight excluding hydrogens is 280 g/mol. The molecule has 0 saturated heterocycles. The summed E-state index contributed by atoms with van der Waals surface area (Å²) in [6.45, 7) is 0.641. The van der Waals surface area contributed by atoms with E-state index in [-0.39, 0.29) is 5.91 Å². The first kappa shape index (κ1) is 14.5. The van der Waals surface area contributed by atoms with E-state index < -0.39 is 5.54 Å². The monoisotopic (exact) mass is 302 g/mol. The Balaban J connectivity index is 1.76. The fraction of sp³-hybridized carbons (Fsp3) is 0.471. The first-order valence-electron chi connectivity index (χ1n) is 7.60. The van der Waals surface area contributed by atoms with Crippen molar-refractivity contribution >= 4 is 27.3 Å².